The summed E-state index contributed by atoms with van der Waals surface area (Å²) in [5.74, 6) is -5.05. The fourth-order valence-electron chi connectivity index (χ4n) is 2.15. The summed E-state index contributed by atoms with van der Waals surface area (Å²) in [4.78, 5) is -0.938. The second-order valence-corrected chi connectivity index (χ2v) is 6.65. The summed E-state index contributed by atoms with van der Waals surface area (Å²) in [5, 5.41) is 9.07. The van der Waals surface area contributed by atoms with E-state index in [9.17, 15) is 21.6 Å². The summed E-state index contributed by atoms with van der Waals surface area (Å²) >= 11 is 0. The van der Waals surface area contributed by atoms with Gasteiger partial charge in [0.25, 0.3) is 0 Å². The Bertz CT molecular complexity index is 638. The number of ether oxygens (including phenoxy) is 1. The largest absolute Gasteiger partial charge is 0.394 e. The van der Waals surface area contributed by atoms with Crippen LogP contribution in [0.25, 0.3) is 0 Å². The third-order valence-corrected chi connectivity index (χ3v) is 4.96. The molecule has 0 amide bonds. The van der Waals surface area contributed by atoms with Crippen molar-refractivity contribution in [3.8, 4) is 0 Å². The van der Waals surface area contributed by atoms with E-state index in [2.05, 4.69) is 0 Å². The van der Waals surface area contributed by atoms with E-state index in [1.54, 1.807) is 6.92 Å². The number of sulfonamides is 1. The van der Waals surface area contributed by atoms with Crippen LogP contribution in [0.3, 0.4) is 0 Å². The Morgan fingerprint density at radius 1 is 1.29 bits per heavy atom. The second-order valence-electron chi connectivity index (χ2n) is 4.75. The van der Waals surface area contributed by atoms with E-state index < -0.39 is 51.2 Å². The molecule has 1 fully saturated rings. The lowest BCUT2D eigenvalue weighted by Gasteiger charge is -2.35. The van der Waals surface area contributed by atoms with Crippen molar-refractivity contribution in [3.63, 3.8) is 0 Å². The molecule has 1 aromatic rings. The molecule has 1 N–H and O–H groups in total. The van der Waals surface area contributed by atoms with Gasteiger partial charge in [-0.2, -0.15) is 4.31 Å². The molecule has 1 aliphatic heterocycles. The van der Waals surface area contributed by atoms with Gasteiger partial charge in [0.15, 0.2) is 17.5 Å². The summed E-state index contributed by atoms with van der Waals surface area (Å²) in [6.45, 7) is 0.918. The lowest BCUT2D eigenvalue weighted by Crippen LogP contribution is -2.50. The first-order valence-electron chi connectivity index (χ1n) is 6.17. The summed E-state index contributed by atoms with van der Waals surface area (Å²) in [5.41, 5.74) is 0. The van der Waals surface area contributed by atoms with Crippen molar-refractivity contribution in [1.82, 2.24) is 4.31 Å². The quantitative estimate of drug-likeness (QED) is 0.838. The highest BCUT2D eigenvalue weighted by molar-refractivity contribution is 7.89. The number of morpholine rings is 1. The van der Waals surface area contributed by atoms with Crippen molar-refractivity contribution >= 4 is 10.0 Å². The van der Waals surface area contributed by atoms with Gasteiger partial charge in [-0.1, -0.05) is 0 Å². The summed E-state index contributed by atoms with van der Waals surface area (Å²) in [6, 6.07) is 1.23. The molecule has 1 heterocycles. The van der Waals surface area contributed by atoms with E-state index in [-0.39, 0.29) is 13.1 Å². The summed E-state index contributed by atoms with van der Waals surface area (Å²) in [6.07, 6.45) is -1.27. The Labute approximate surface area is 120 Å². The number of halogens is 3. The molecule has 0 aliphatic carbocycles. The highest BCUT2D eigenvalue weighted by Gasteiger charge is 2.36. The first-order chi connectivity index (χ1) is 9.77. The molecule has 0 radical (unpaired) electrons. The molecule has 1 aromatic carbocycles. The van der Waals surface area contributed by atoms with Crippen molar-refractivity contribution < 1.29 is 31.4 Å². The Kier molecular flexibility index (Phi) is 4.57. The molecular formula is C12H14F3NO4S. The Morgan fingerprint density at radius 2 is 1.95 bits per heavy atom. The second kappa shape index (κ2) is 5.91. The minimum absolute atomic E-state index is 0.0722. The van der Waals surface area contributed by atoms with Gasteiger partial charge >= 0.3 is 0 Å². The topological polar surface area (TPSA) is 66.8 Å². The molecule has 118 valence electrons. The minimum atomic E-state index is -4.35. The standard InChI is InChI=1S/C12H14F3NO4S/c1-7-4-16(5-8(6-17)20-7)21(18,19)10-3-2-9(13)11(14)12(10)15/h2-3,7-8,17H,4-6H2,1H3. The lowest BCUT2D eigenvalue weighted by atomic mass is 10.2. The van der Waals surface area contributed by atoms with Crippen LogP contribution in [-0.2, 0) is 14.8 Å². The van der Waals surface area contributed by atoms with Gasteiger partial charge in [-0.3, -0.25) is 0 Å². The van der Waals surface area contributed by atoms with Gasteiger partial charge in [0.1, 0.15) is 4.90 Å². The molecule has 0 spiro atoms. The van der Waals surface area contributed by atoms with Crippen LogP contribution in [-0.4, -0.2) is 49.7 Å². The zero-order chi connectivity index (χ0) is 15.8. The molecule has 5 nitrogen and oxygen atoms in total. The third-order valence-electron chi connectivity index (χ3n) is 3.11. The first kappa shape index (κ1) is 16.2. The van der Waals surface area contributed by atoms with Gasteiger partial charge in [0.05, 0.1) is 18.8 Å². The first-order valence-corrected chi connectivity index (χ1v) is 7.61. The van der Waals surface area contributed by atoms with Crippen molar-refractivity contribution in [3.05, 3.63) is 29.6 Å². The summed E-state index contributed by atoms with van der Waals surface area (Å²) < 4.78 is 70.6. The summed E-state index contributed by atoms with van der Waals surface area (Å²) in [7, 11) is -4.35. The number of rotatable bonds is 3. The molecule has 0 aromatic heterocycles. The highest BCUT2D eigenvalue weighted by Crippen LogP contribution is 2.25. The maximum absolute atomic E-state index is 13.7. The molecule has 2 atom stereocenters. The van der Waals surface area contributed by atoms with Crippen molar-refractivity contribution in [2.45, 2.75) is 24.0 Å². The maximum atomic E-state index is 13.7. The van der Waals surface area contributed by atoms with E-state index >= 15 is 0 Å². The van der Waals surface area contributed by atoms with Crippen molar-refractivity contribution in [1.29, 1.82) is 0 Å². The molecule has 0 saturated carbocycles. The molecular weight excluding hydrogens is 311 g/mol. The predicted molar refractivity (Wildman–Crippen MR) is 66.5 cm³/mol. The SMILES string of the molecule is CC1CN(S(=O)(=O)c2ccc(F)c(F)c2F)CC(CO)O1. The number of aliphatic hydroxyl groups excluding tert-OH is 1. The van der Waals surface area contributed by atoms with Crippen molar-refractivity contribution in [2.75, 3.05) is 19.7 Å². The van der Waals surface area contributed by atoms with Crippen LogP contribution < -0.4 is 0 Å². The van der Waals surface area contributed by atoms with Crippen LogP contribution in [0, 0.1) is 17.5 Å². The van der Waals surface area contributed by atoms with Gasteiger partial charge in [-0.25, -0.2) is 21.6 Å². The zero-order valence-electron chi connectivity index (χ0n) is 11.1. The fourth-order valence-corrected chi connectivity index (χ4v) is 3.75. The Morgan fingerprint density at radius 3 is 2.57 bits per heavy atom. The smallest absolute Gasteiger partial charge is 0.246 e. The van der Waals surface area contributed by atoms with Crippen LogP contribution >= 0.6 is 0 Å². The van der Waals surface area contributed by atoms with Crippen molar-refractivity contribution in [2.24, 2.45) is 0 Å². The van der Waals surface area contributed by atoms with Gasteiger partial charge < -0.3 is 9.84 Å². The van der Waals surface area contributed by atoms with Crippen LogP contribution in [0.5, 0.6) is 0 Å². The molecule has 1 aliphatic rings. The van der Waals surface area contributed by atoms with Crippen LogP contribution in [0.1, 0.15) is 6.92 Å². The average molecular weight is 325 g/mol. The van der Waals surface area contributed by atoms with E-state index in [0.29, 0.717) is 12.1 Å². The van der Waals surface area contributed by atoms with E-state index in [4.69, 9.17) is 9.84 Å². The van der Waals surface area contributed by atoms with Gasteiger partial charge in [-0.05, 0) is 19.1 Å². The minimum Gasteiger partial charge on any atom is -0.394 e. The molecule has 0 bridgehead atoms. The molecule has 21 heavy (non-hydrogen) atoms. The Hall–Kier alpha value is -1.16. The van der Waals surface area contributed by atoms with E-state index in [1.165, 1.54) is 0 Å². The van der Waals surface area contributed by atoms with Gasteiger partial charge in [0.2, 0.25) is 10.0 Å². The van der Waals surface area contributed by atoms with E-state index in [1.807, 2.05) is 0 Å². The normalized spacial score (nSPS) is 24.2. The third kappa shape index (κ3) is 3.05. The van der Waals surface area contributed by atoms with Gasteiger partial charge in [-0.15, -0.1) is 0 Å². The molecule has 1 saturated heterocycles. The zero-order valence-corrected chi connectivity index (χ0v) is 11.9. The number of nitrogens with zero attached hydrogens (tertiary/aromatic N) is 1. The molecule has 2 rings (SSSR count). The fraction of sp³-hybridized carbons (Fsp3) is 0.500. The van der Waals surface area contributed by atoms with Crippen LogP contribution in [0.4, 0.5) is 13.2 Å². The van der Waals surface area contributed by atoms with E-state index in [0.717, 1.165) is 4.31 Å². The van der Waals surface area contributed by atoms with Gasteiger partial charge in [0, 0.05) is 13.1 Å². The predicted octanol–water partition coefficient (Wildman–Crippen LogP) is 0.874. The monoisotopic (exact) mass is 325 g/mol. The van der Waals surface area contributed by atoms with Crippen LogP contribution in [0.15, 0.2) is 17.0 Å². The highest BCUT2D eigenvalue weighted by atomic mass is 32.2. The number of hydrogen-bond acceptors (Lipinski definition) is 4. The number of benzene rings is 1. The average Bonchev–Trinajstić information content (AvgIpc) is 2.43. The Balaban J connectivity index is 2.40. The number of aliphatic hydroxyl groups is 1. The maximum Gasteiger partial charge on any atom is 0.246 e. The number of hydrogen-bond donors (Lipinski definition) is 1. The molecule has 9 heteroatoms. The van der Waals surface area contributed by atoms with Crippen LogP contribution in [0.2, 0.25) is 0 Å². The molecule has 2 unspecified atom stereocenters. The lowest BCUT2D eigenvalue weighted by molar-refractivity contribution is -0.0750.